The van der Waals surface area contributed by atoms with Crippen LogP contribution < -0.4 is 5.32 Å². The molecule has 0 fully saturated rings. The summed E-state index contributed by atoms with van der Waals surface area (Å²) < 4.78 is 0. The highest BCUT2D eigenvalue weighted by Gasteiger charge is 2.11. The second-order valence-electron chi connectivity index (χ2n) is 4.68. The largest absolute Gasteiger partial charge is 0.508 e. The normalized spacial score (nSPS) is 10.4. The van der Waals surface area contributed by atoms with Gasteiger partial charge in [-0.25, -0.2) is 0 Å². The molecule has 0 atom stereocenters. The fraction of sp³-hybridized carbons (Fsp3) is 0. The predicted octanol–water partition coefficient (Wildman–Crippen LogP) is 5.03. The van der Waals surface area contributed by atoms with Crippen LogP contribution in [0, 0.1) is 0 Å². The zero-order chi connectivity index (χ0) is 15.5. The number of phenols is 1. The summed E-state index contributed by atoms with van der Waals surface area (Å²) in [6.45, 7) is 0. The average Bonchev–Trinajstić information content (AvgIpc) is 3.00. The van der Waals surface area contributed by atoms with Gasteiger partial charge in [-0.05, 0) is 54.1 Å². The molecule has 0 spiro atoms. The van der Waals surface area contributed by atoms with Gasteiger partial charge in [0.05, 0.1) is 4.88 Å². The van der Waals surface area contributed by atoms with E-state index >= 15 is 0 Å². The Morgan fingerprint density at radius 2 is 1.82 bits per heavy atom. The van der Waals surface area contributed by atoms with Gasteiger partial charge in [0.25, 0.3) is 5.91 Å². The maximum absolute atomic E-state index is 12.2. The van der Waals surface area contributed by atoms with E-state index in [9.17, 15) is 9.90 Å². The second-order valence-corrected chi connectivity index (χ2v) is 6.20. The zero-order valence-corrected chi connectivity index (χ0v) is 13.0. The smallest absolute Gasteiger partial charge is 0.265 e. The molecule has 0 bridgehead atoms. The van der Waals surface area contributed by atoms with Crippen LogP contribution in [0.3, 0.4) is 0 Å². The van der Waals surface area contributed by atoms with Crippen molar-refractivity contribution < 1.29 is 9.90 Å². The SMILES string of the molecule is O=C(Nc1ccc(Cl)cc1)c1ccc(-c2cccc(O)c2)s1. The van der Waals surface area contributed by atoms with E-state index in [1.807, 2.05) is 12.1 Å². The number of thiophene rings is 1. The van der Waals surface area contributed by atoms with Crippen LogP contribution in [0.25, 0.3) is 10.4 Å². The number of amides is 1. The number of aromatic hydroxyl groups is 1. The number of phenolic OH excluding ortho intramolecular Hbond substituents is 1. The summed E-state index contributed by atoms with van der Waals surface area (Å²) in [6.07, 6.45) is 0. The zero-order valence-electron chi connectivity index (χ0n) is 11.4. The second kappa shape index (κ2) is 6.22. The summed E-state index contributed by atoms with van der Waals surface area (Å²) >= 11 is 7.19. The molecular weight excluding hydrogens is 318 g/mol. The Morgan fingerprint density at radius 3 is 2.55 bits per heavy atom. The molecule has 0 radical (unpaired) electrons. The quantitative estimate of drug-likeness (QED) is 0.708. The van der Waals surface area contributed by atoms with Crippen molar-refractivity contribution in [1.82, 2.24) is 0 Å². The van der Waals surface area contributed by atoms with Crippen LogP contribution in [-0.4, -0.2) is 11.0 Å². The molecule has 3 nitrogen and oxygen atoms in total. The Balaban J connectivity index is 1.78. The van der Waals surface area contributed by atoms with Crippen LogP contribution in [0.5, 0.6) is 5.75 Å². The lowest BCUT2D eigenvalue weighted by molar-refractivity contribution is 0.103. The van der Waals surface area contributed by atoms with Gasteiger partial charge in [-0.15, -0.1) is 11.3 Å². The summed E-state index contributed by atoms with van der Waals surface area (Å²) in [4.78, 5) is 13.8. The molecule has 0 aliphatic carbocycles. The minimum Gasteiger partial charge on any atom is -0.508 e. The molecule has 0 aliphatic heterocycles. The lowest BCUT2D eigenvalue weighted by atomic mass is 10.2. The van der Waals surface area contributed by atoms with Gasteiger partial charge >= 0.3 is 0 Å². The molecule has 1 amide bonds. The molecule has 0 saturated heterocycles. The van der Waals surface area contributed by atoms with E-state index in [2.05, 4.69) is 5.32 Å². The van der Waals surface area contributed by atoms with Crippen LogP contribution in [0.2, 0.25) is 5.02 Å². The van der Waals surface area contributed by atoms with Gasteiger partial charge in [0.1, 0.15) is 5.75 Å². The van der Waals surface area contributed by atoms with Crippen LogP contribution in [0.1, 0.15) is 9.67 Å². The number of hydrogen-bond acceptors (Lipinski definition) is 3. The van der Waals surface area contributed by atoms with E-state index < -0.39 is 0 Å². The van der Waals surface area contributed by atoms with Gasteiger partial charge in [-0.3, -0.25) is 4.79 Å². The number of anilines is 1. The highest BCUT2D eigenvalue weighted by atomic mass is 35.5. The van der Waals surface area contributed by atoms with Crippen LogP contribution in [0.15, 0.2) is 60.7 Å². The molecule has 0 aliphatic rings. The Bertz CT molecular complexity index is 812. The first-order valence-electron chi connectivity index (χ1n) is 6.58. The number of hydrogen-bond donors (Lipinski definition) is 2. The third-order valence-corrected chi connectivity index (χ3v) is 4.45. The maximum atomic E-state index is 12.2. The summed E-state index contributed by atoms with van der Waals surface area (Å²) in [7, 11) is 0. The van der Waals surface area contributed by atoms with E-state index in [1.54, 1.807) is 48.5 Å². The van der Waals surface area contributed by atoms with E-state index in [0.29, 0.717) is 15.6 Å². The first-order valence-corrected chi connectivity index (χ1v) is 7.77. The van der Waals surface area contributed by atoms with Crippen molar-refractivity contribution in [1.29, 1.82) is 0 Å². The van der Waals surface area contributed by atoms with Crippen molar-refractivity contribution in [2.24, 2.45) is 0 Å². The minimum atomic E-state index is -0.168. The molecule has 2 aromatic carbocycles. The topological polar surface area (TPSA) is 49.3 Å². The highest BCUT2D eigenvalue weighted by molar-refractivity contribution is 7.17. The third kappa shape index (κ3) is 3.30. The molecule has 1 aromatic heterocycles. The van der Waals surface area contributed by atoms with Crippen molar-refractivity contribution in [2.45, 2.75) is 0 Å². The van der Waals surface area contributed by atoms with Crippen LogP contribution in [-0.2, 0) is 0 Å². The molecule has 2 N–H and O–H groups in total. The van der Waals surface area contributed by atoms with Crippen molar-refractivity contribution in [3.63, 3.8) is 0 Å². The Morgan fingerprint density at radius 1 is 1.05 bits per heavy atom. The molecule has 3 rings (SSSR count). The van der Waals surface area contributed by atoms with E-state index in [4.69, 9.17) is 11.6 Å². The molecule has 22 heavy (non-hydrogen) atoms. The average molecular weight is 330 g/mol. The number of halogens is 1. The first kappa shape index (κ1) is 14.6. The molecule has 110 valence electrons. The molecule has 5 heteroatoms. The monoisotopic (exact) mass is 329 g/mol. The van der Waals surface area contributed by atoms with E-state index in [1.165, 1.54) is 11.3 Å². The van der Waals surface area contributed by atoms with Gasteiger partial charge < -0.3 is 10.4 Å². The minimum absolute atomic E-state index is 0.168. The highest BCUT2D eigenvalue weighted by Crippen LogP contribution is 2.30. The summed E-state index contributed by atoms with van der Waals surface area (Å²) in [5, 5.41) is 13.0. The van der Waals surface area contributed by atoms with E-state index in [0.717, 1.165) is 10.4 Å². The summed E-state index contributed by atoms with van der Waals surface area (Å²) in [6, 6.07) is 17.6. The molecule has 1 heterocycles. The van der Waals surface area contributed by atoms with Crippen LogP contribution >= 0.6 is 22.9 Å². The Kier molecular flexibility index (Phi) is 4.13. The Hall–Kier alpha value is -2.30. The Labute approximate surface area is 136 Å². The maximum Gasteiger partial charge on any atom is 0.265 e. The van der Waals surface area contributed by atoms with Gasteiger partial charge in [-0.2, -0.15) is 0 Å². The summed E-state index contributed by atoms with van der Waals surface area (Å²) in [5.41, 5.74) is 1.58. The fourth-order valence-corrected chi connectivity index (χ4v) is 3.02. The standard InChI is InChI=1S/C17H12ClNO2S/c18-12-4-6-13(7-5-12)19-17(21)16-9-8-15(22-16)11-2-1-3-14(20)10-11/h1-10,20H,(H,19,21). The van der Waals surface area contributed by atoms with Crippen molar-refractivity contribution in [2.75, 3.05) is 5.32 Å². The number of rotatable bonds is 3. The molecular formula is C17H12ClNO2S. The lowest BCUT2D eigenvalue weighted by Gasteiger charge is -2.03. The van der Waals surface area contributed by atoms with Crippen molar-refractivity contribution in [3.8, 4) is 16.2 Å². The van der Waals surface area contributed by atoms with Crippen molar-refractivity contribution >= 4 is 34.5 Å². The van der Waals surface area contributed by atoms with Gasteiger partial charge in [-0.1, -0.05) is 23.7 Å². The number of nitrogens with one attached hydrogen (secondary N) is 1. The molecule has 0 saturated carbocycles. The molecule has 3 aromatic rings. The van der Waals surface area contributed by atoms with Gasteiger partial charge in [0.2, 0.25) is 0 Å². The lowest BCUT2D eigenvalue weighted by Crippen LogP contribution is -2.09. The number of benzene rings is 2. The van der Waals surface area contributed by atoms with Gasteiger partial charge in [0, 0.05) is 15.6 Å². The van der Waals surface area contributed by atoms with Crippen LogP contribution in [0.4, 0.5) is 5.69 Å². The van der Waals surface area contributed by atoms with Gasteiger partial charge in [0.15, 0.2) is 0 Å². The van der Waals surface area contributed by atoms with E-state index in [-0.39, 0.29) is 11.7 Å². The third-order valence-electron chi connectivity index (χ3n) is 3.06. The molecule has 0 unspecified atom stereocenters. The number of carbonyl (C=O) groups is 1. The van der Waals surface area contributed by atoms with Crippen molar-refractivity contribution in [3.05, 3.63) is 70.6 Å². The summed E-state index contributed by atoms with van der Waals surface area (Å²) in [5.74, 6) is 0.0387. The fourth-order valence-electron chi connectivity index (χ4n) is 2.00. The number of carbonyl (C=O) groups excluding carboxylic acids is 1. The first-order chi connectivity index (χ1) is 10.6. The predicted molar refractivity (Wildman–Crippen MR) is 90.8 cm³/mol.